The van der Waals surface area contributed by atoms with E-state index in [9.17, 15) is 9.59 Å². The highest BCUT2D eigenvalue weighted by atomic mass is 35.5. The summed E-state index contributed by atoms with van der Waals surface area (Å²) >= 11 is 7.44. The first-order chi connectivity index (χ1) is 13.4. The second kappa shape index (κ2) is 11.3. The van der Waals surface area contributed by atoms with Crippen LogP contribution in [0.25, 0.3) is 0 Å². The Bertz CT molecular complexity index is 677. The molecule has 156 valence electrons. The molecule has 0 spiro atoms. The molecule has 2 N–H and O–H groups in total. The summed E-state index contributed by atoms with van der Waals surface area (Å²) < 4.78 is 0. The zero-order valence-corrected chi connectivity index (χ0v) is 18.3. The van der Waals surface area contributed by atoms with Crippen LogP contribution in [0.3, 0.4) is 0 Å². The molecule has 28 heavy (non-hydrogen) atoms. The van der Waals surface area contributed by atoms with Crippen LogP contribution in [0.4, 0.5) is 10.6 Å². The highest BCUT2D eigenvalue weighted by Crippen LogP contribution is 2.24. The number of aromatic nitrogens is 2. The molecule has 1 aliphatic heterocycles. The van der Waals surface area contributed by atoms with Crippen molar-refractivity contribution < 1.29 is 9.59 Å². The molecule has 1 aromatic heterocycles. The quantitative estimate of drug-likeness (QED) is 0.375. The monoisotopic (exact) mass is 428 g/mol. The number of nitrogens with one attached hydrogen (secondary N) is 2. The zero-order chi connectivity index (χ0) is 20.5. The summed E-state index contributed by atoms with van der Waals surface area (Å²) in [5, 5.41) is 6.58. The van der Waals surface area contributed by atoms with Crippen molar-refractivity contribution in [3.8, 4) is 0 Å². The summed E-state index contributed by atoms with van der Waals surface area (Å²) in [4.78, 5) is 36.8. The minimum absolute atomic E-state index is 0.0240. The standard InChI is InChI=1S/C18H29ClN6O2S/c1-4-6-20-16(26)12-28-17-22-14(19)10-15(23-17)24-8-9-25(13(3)11-24)18(27)21-7-5-2/h10,13H,4-9,11-12H2,1-3H3,(H,20,26)(H,21,27)/t13-/m1/s1. The second-order valence-corrected chi connectivity index (χ2v) is 8.02. The summed E-state index contributed by atoms with van der Waals surface area (Å²) in [7, 11) is 0. The highest BCUT2D eigenvalue weighted by Gasteiger charge is 2.28. The van der Waals surface area contributed by atoms with Gasteiger partial charge in [-0.1, -0.05) is 37.2 Å². The van der Waals surface area contributed by atoms with Crippen molar-refractivity contribution in [2.24, 2.45) is 0 Å². The van der Waals surface area contributed by atoms with E-state index in [0.717, 1.165) is 18.7 Å². The maximum absolute atomic E-state index is 12.3. The molecule has 1 aliphatic rings. The summed E-state index contributed by atoms with van der Waals surface area (Å²) in [6.07, 6.45) is 1.81. The van der Waals surface area contributed by atoms with Crippen molar-refractivity contribution in [1.82, 2.24) is 25.5 Å². The predicted molar refractivity (Wildman–Crippen MR) is 113 cm³/mol. The third-order valence-corrected chi connectivity index (χ3v) is 5.34. The van der Waals surface area contributed by atoms with E-state index in [4.69, 9.17) is 11.6 Å². The van der Waals surface area contributed by atoms with Crippen molar-refractivity contribution in [2.45, 2.75) is 44.8 Å². The first-order valence-electron chi connectivity index (χ1n) is 9.68. The molecule has 10 heteroatoms. The molecule has 1 saturated heterocycles. The van der Waals surface area contributed by atoms with E-state index < -0.39 is 0 Å². The third kappa shape index (κ3) is 6.70. The summed E-state index contributed by atoms with van der Waals surface area (Å²) in [6, 6.07) is 1.75. The molecule has 2 rings (SSSR count). The van der Waals surface area contributed by atoms with Gasteiger partial charge in [0.2, 0.25) is 5.91 Å². The molecule has 1 atom stereocenters. The Hall–Kier alpha value is -1.74. The first kappa shape index (κ1) is 22.5. The van der Waals surface area contributed by atoms with Crippen molar-refractivity contribution in [3.05, 3.63) is 11.2 Å². The minimum Gasteiger partial charge on any atom is -0.355 e. The normalized spacial score (nSPS) is 16.8. The molecule has 0 bridgehead atoms. The third-order valence-electron chi connectivity index (χ3n) is 4.30. The average Bonchev–Trinajstić information content (AvgIpc) is 2.68. The van der Waals surface area contributed by atoms with Crippen LogP contribution in [0.2, 0.25) is 5.15 Å². The number of carbonyl (C=O) groups excluding carboxylic acids is 2. The fourth-order valence-electron chi connectivity index (χ4n) is 2.86. The maximum Gasteiger partial charge on any atom is 0.317 e. The van der Waals surface area contributed by atoms with E-state index in [1.54, 1.807) is 6.07 Å². The maximum atomic E-state index is 12.3. The van der Waals surface area contributed by atoms with Gasteiger partial charge in [0, 0.05) is 44.8 Å². The summed E-state index contributed by atoms with van der Waals surface area (Å²) in [5.41, 5.74) is 0. The molecule has 2 heterocycles. The lowest BCUT2D eigenvalue weighted by molar-refractivity contribution is -0.118. The molecule has 0 aromatic carbocycles. The molecular formula is C18H29ClN6O2S. The Labute approximate surface area is 175 Å². The number of rotatable bonds is 8. The van der Waals surface area contributed by atoms with Gasteiger partial charge in [0.15, 0.2) is 5.16 Å². The van der Waals surface area contributed by atoms with Crippen LogP contribution in [0, 0.1) is 0 Å². The van der Waals surface area contributed by atoms with Gasteiger partial charge in [0.25, 0.3) is 0 Å². The Morgan fingerprint density at radius 1 is 1.21 bits per heavy atom. The van der Waals surface area contributed by atoms with Gasteiger partial charge in [-0.3, -0.25) is 4.79 Å². The molecule has 3 amide bonds. The van der Waals surface area contributed by atoms with Crippen LogP contribution in [0.15, 0.2) is 11.2 Å². The number of piperazine rings is 1. The number of anilines is 1. The number of amides is 3. The Kier molecular flexibility index (Phi) is 9.11. The van der Waals surface area contributed by atoms with Crippen molar-refractivity contribution in [1.29, 1.82) is 0 Å². The van der Waals surface area contributed by atoms with Crippen molar-refractivity contribution >= 4 is 41.1 Å². The molecule has 0 saturated carbocycles. The lowest BCUT2D eigenvalue weighted by atomic mass is 10.2. The van der Waals surface area contributed by atoms with E-state index in [1.807, 2.05) is 25.7 Å². The highest BCUT2D eigenvalue weighted by molar-refractivity contribution is 7.99. The molecular weight excluding hydrogens is 400 g/mol. The Balaban J connectivity index is 1.97. The number of thioether (sulfide) groups is 1. The molecule has 0 aliphatic carbocycles. The minimum atomic E-state index is -0.0442. The average molecular weight is 429 g/mol. The SMILES string of the molecule is CCCNC(=O)CSc1nc(Cl)cc(N2CCN(C(=O)NCCC)[C@H](C)C2)n1. The fourth-order valence-corrected chi connectivity index (χ4v) is 3.77. The van der Waals surface area contributed by atoms with E-state index in [2.05, 4.69) is 25.5 Å². The van der Waals surface area contributed by atoms with Crippen LogP contribution in [-0.4, -0.2) is 71.3 Å². The largest absolute Gasteiger partial charge is 0.355 e. The van der Waals surface area contributed by atoms with E-state index in [1.165, 1.54) is 11.8 Å². The van der Waals surface area contributed by atoms with Crippen LogP contribution >= 0.6 is 23.4 Å². The summed E-state index contributed by atoms with van der Waals surface area (Å²) in [6.45, 7) is 9.34. The van der Waals surface area contributed by atoms with E-state index >= 15 is 0 Å². The van der Waals surface area contributed by atoms with Gasteiger partial charge in [0.1, 0.15) is 11.0 Å². The fraction of sp³-hybridized carbons (Fsp3) is 0.667. The van der Waals surface area contributed by atoms with Crippen LogP contribution in [-0.2, 0) is 4.79 Å². The van der Waals surface area contributed by atoms with E-state index in [-0.39, 0.29) is 23.7 Å². The van der Waals surface area contributed by atoms with Gasteiger partial charge < -0.3 is 20.4 Å². The lowest BCUT2D eigenvalue weighted by Crippen LogP contribution is -2.56. The molecule has 1 fully saturated rings. The zero-order valence-electron chi connectivity index (χ0n) is 16.7. The summed E-state index contributed by atoms with van der Waals surface area (Å²) in [5.74, 6) is 0.927. The van der Waals surface area contributed by atoms with Crippen molar-refractivity contribution in [2.75, 3.05) is 43.4 Å². The number of hydrogen-bond acceptors (Lipinski definition) is 6. The van der Waals surface area contributed by atoms with Gasteiger partial charge >= 0.3 is 6.03 Å². The molecule has 8 nitrogen and oxygen atoms in total. The second-order valence-electron chi connectivity index (χ2n) is 6.69. The Morgan fingerprint density at radius 2 is 1.93 bits per heavy atom. The van der Waals surface area contributed by atoms with Crippen LogP contribution in [0.5, 0.6) is 0 Å². The molecule has 1 aromatic rings. The van der Waals surface area contributed by atoms with Crippen LogP contribution < -0.4 is 15.5 Å². The number of urea groups is 1. The topological polar surface area (TPSA) is 90.5 Å². The van der Waals surface area contributed by atoms with Gasteiger partial charge in [-0.05, 0) is 19.8 Å². The van der Waals surface area contributed by atoms with Gasteiger partial charge in [-0.2, -0.15) is 0 Å². The first-order valence-corrected chi connectivity index (χ1v) is 11.0. The van der Waals surface area contributed by atoms with Gasteiger partial charge in [-0.25, -0.2) is 14.8 Å². The van der Waals surface area contributed by atoms with Crippen molar-refractivity contribution in [3.63, 3.8) is 0 Å². The van der Waals surface area contributed by atoms with Gasteiger partial charge in [-0.15, -0.1) is 0 Å². The van der Waals surface area contributed by atoms with Crippen LogP contribution in [0.1, 0.15) is 33.6 Å². The van der Waals surface area contributed by atoms with Gasteiger partial charge in [0.05, 0.1) is 5.75 Å². The molecule has 0 unspecified atom stereocenters. The number of halogens is 1. The van der Waals surface area contributed by atoms with E-state index in [0.29, 0.717) is 43.0 Å². The predicted octanol–water partition coefficient (Wildman–Crippen LogP) is 2.38. The molecule has 0 radical (unpaired) electrons. The Morgan fingerprint density at radius 3 is 2.61 bits per heavy atom. The number of nitrogens with zero attached hydrogens (tertiary/aromatic N) is 4. The number of hydrogen-bond donors (Lipinski definition) is 2. The lowest BCUT2D eigenvalue weighted by Gasteiger charge is -2.40. The smallest absolute Gasteiger partial charge is 0.317 e. The number of carbonyl (C=O) groups is 2.